The molecule has 2 atom stereocenters. The largest absolute Gasteiger partial charge is 0.497 e. The minimum atomic E-state index is 0.149. The normalized spacial score (nSPS) is 23.4. The van der Waals surface area contributed by atoms with E-state index in [1.165, 1.54) is 5.56 Å². The van der Waals surface area contributed by atoms with Gasteiger partial charge in [0.05, 0.1) is 19.3 Å². The van der Waals surface area contributed by atoms with Crippen molar-refractivity contribution in [3.05, 3.63) is 54.6 Å². The zero-order valence-electron chi connectivity index (χ0n) is 10.1. The Bertz CT molecular complexity index is 392. The van der Waals surface area contributed by atoms with Gasteiger partial charge in [-0.15, -0.1) is 6.58 Å². The fraction of sp³-hybridized carbons (Fsp3) is 0.333. The van der Waals surface area contributed by atoms with E-state index < -0.39 is 0 Å². The molecule has 2 nitrogen and oxygen atoms in total. The van der Waals surface area contributed by atoms with E-state index >= 15 is 0 Å². The third-order valence-corrected chi connectivity index (χ3v) is 2.93. The number of methoxy groups -OCH3 is 1. The van der Waals surface area contributed by atoms with Crippen LogP contribution in [-0.2, 0) is 4.74 Å². The van der Waals surface area contributed by atoms with Gasteiger partial charge < -0.3 is 9.47 Å². The predicted molar refractivity (Wildman–Crippen MR) is 69.2 cm³/mol. The molecular weight excluding hydrogens is 212 g/mol. The summed E-state index contributed by atoms with van der Waals surface area (Å²) in [6.45, 7) is 3.74. The van der Waals surface area contributed by atoms with Gasteiger partial charge in [0.25, 0.3) is 0 Å². The van der Waals surface area contributed by atoms with Crippen molar-refractivity contribution in [3.63, 3.8) is 0 Å². The summed E-state index contributed by atoms with van der Waals surface area (Å²) in [4.78, 5) is 0. The van der Waals surface area contributed by atoms with Crippen LogP contribution in [0, 0.1) is 0 Å². The van der Waals surface area contributed by atoms with Crippen LogP contribution in [-0.4, -0.2) is 13.2 Å². The Labute approximate surface area is 103 Å². The Kier molecular flexibility index (Phi) is 3.99. The Morgan fingerprint density at radius 3 is 2.82 bits per heavy atom. The highest BCUT2D eigenvalue weighted by Gasteiger charge is 2.18. The lowest BCUT2D eigenvalue weighted by molar-refractivity contribution is 0.00665. The summed E-state index contributed by atoms with van der Waals surface area (Å²) in [5, 5.41) is 0. The molecule has 0 fully saturated rings. The number of ether oxygens (including phenoxy) is 2. The molecule has 1 aromatic rings. The smallest absolute Gasteiger partial charge is 0.118 e. The monoisotopic (exact) mass is 230 g/mol. The zero-order valence-corrected chi connectivity index (χ0v) is 10.1. The highest BCUT2D eigenvalue weighted by Crippen LogP contribution is 2.29. The van der Waals surface area contributed by atoms with Gasteiger partial charge in [-0.05, 0) is 30.5 Å². The summed E-state index contributed by atoms with van der Waals surface area (Å²) in [5.41, 5.74) is 1.20. The first kappa shape index (κ1) is 11.9. The quantitative estimate of drug-likeness (QED) is 0.735. The van der Waals surface area contributed by atoms with E-state index in [0.717, 1.165) is 18.6 Å². The second kappa shape index (κ2) is 5.69. The van der Waals surface area contributed by atoms with E-state index in [0.29, 0.717) is 0 Å². The van der Waals surface area contributed by atoms with E-state index in [9.17, 15) is 0 Å². The Hall–Kier alpha value is -1.54. The van der Waals surface area contributed by atoms with Gasteiger partial charge in [-0.2, -0.15) is 0 Å². The number of rotatable bonds is 4. The summed E-state index contributed by atoms with van der Waals surface area (Å²) in [6.07, 6.45) is 8.30. The first-order valence-electron chi connectivity index (χ1n) is 5.90. The predicted octanol–water partition coefficient (Wildman–Crippen LogP) is 3.66. The molecule has 0 aliphatic carbocycles. The van der Waals surface area contributed by atoms with Gasteiger partial charge in [0.1, 0.15) is 5.75 Å². The summed E-state index contributed by atoms with van der Waals surface area (Å²) >= 11 is 0. The molecule has 0 bridgehead atoms. The summed E-state index contributed by atoms with van der Waals surface area (Å²) in [5.74, 6) is 0.878. The Morgan fingerprint density at radius 1 is 1.41 bits per heavy atom. The van der Waals surface area contributed by atoms with E-state index in [2.05, 4.69) is 30.9 Å². The first-order chi connectivity index (χ1) is 8.33. The molecule has 0 aromatic heterocycles. The molecule has 1 aliphatic rings. The fourth-order valence-electron chi connectivity index (χ4n) is 2.00. The molecule has 0 saturated heterocycles. The van der Waals surface area contributed by atoms with Crippen molar-refractivity contribution in [2.75, 3.05) is 7.11 Å². The summed E-state index contributed by atoms with van der Waals surface area (Å²) in [7, 11) is 1.68. The standard InChI is InChI=1S/C15H18O2/c1-3-5-14-6-4-7-15(17-14)12-8-10-13(16-2)11-9-12/h3-4,6,8-11,14-15H,1,5,7H2,2H3/t14-,15-/m1/s1. The molecule has 0 radical (unpaired) electrons. The van der Waals surface area contributed by atoms with Crippen molar-refractivity contribution in [2.45, 2.75) is 25.0 Å². The number of hydrogen-bond donors (Lipinski definition) is 0. The van der Waals surface area contributed by atoms with Crippen LogP contribution >= 0.6 is 0 Å². The molecule has 2 heteroatoms. The van der Waals surface area contributed by atoms with Crippen LogP contribution in [0.5, 0.6) is 5.75 Å². The maximum atomic E-state index is 5.99. The summed E-state index contributed by atoms with van der Waals surface area (Å²) in [6, 6.07) is 8.07. The molecule has 0 N–H and O–H groups in total. The van der Waals surface area contributed by atoms with Gasteiger partial charge >= 0.3 is 0 Å². The van der Waals surface area contributed by atoms with Crippen LogP contribution in [0.15, 0.2) is 49.1 Å². The molecule has 2 rings (SSSR count). The van der Waals surface area contributed by atoms with Gasteiger partial charge in [0, 0.05) is 0 Å². The van der Waals surface area contributed by atoms with Crippen molar-refractivity contribution < 1.29 is 9.47 Å². The minimum absolute atomic E-state index is 0.149. The lowest BCUT2D eigenvalue weighted by Crippen LogP contribution is -2.17. The summed E-state index contributed by atoms with van der Waals surface area (Å²) < 4.78 is 11.1. The maximum absolute atomic E-state index is 5.99. The number of benzene rings is 1. The highest BCUT2D eigenvalue weighted by molar-refractivity contribution is 5.29. The SMILES string of the molecule is C=CC[C@@H]1C=CC[C@H](c2ccc(OC)cc2)O1. The Morgan fingerprint density at radius 2 is 2.18 bits per heavy atom. The minimum Gasteiger partial charge on any atom is -0.497 e. The first-order valence-corrected chi connectivity index (χ1v) is 5.90. The molecule has 0 amide bonds. The van der Waals surface area contributed by atoms with E-state index in [1.807, 2.05) is 18.2 Å². The van der Waals surface area contributed by atoms with E-state index in [1.54, 1.807) is 7.11 Å². The molecule has 0 unspecified atom stereocenters. The van der Waals surface area contributed by atoms with Crippen LogP contribution in [0.1, 0.15) is 24.5 Å². The van der Waals surface area contributed by atoms with Gasteiger partial charge in [0.15, 0.2) is 0 Å². The maximum Gasteiger partial charge on any atom is 0.118 e. The molecular formula is C15H18O2. The van der Waals surface area contributed by atoms with Gasteiger partial charge in [-0.1, -0.05) is 30.4 Å². The van der Waals surface area contributed by atoms with Crippen LogP contribution in [0.2, 0.25) is 0 Å². The van der Waals surface area contributed by atoms with Gasteiger partial charge in [-0.3, -0.25) is 0 Å². The van der Waals surface area contributed by atoms with Crippen LogP contribution in [0.3, 0.4) is 0 Å². The second-order valence-electron chi connectivity index (χ2n) is 4.12. The molecule has 0 saturated carbocycles. The molecule has 1 heterocycles. The molecule has 0 spiro atoms. The zero-order chi connectivity index (χ0) is 12.1. The van der Waals surface area contributed by atoms with E-state index in [4.69, 9.17) is 9.47 Å². The van der Waals surface area contributed by atoms with Crippen LogP contribution in [0.4, 0.5) is 0 Å². The van der Waals surface area contributed by atoms with Crippen LogP contribution in [0.25, 0.3) is 0 Å². The van der Waals surface area contributed by atoms with Crippen molar-refractivity contribution in [1.82, 2.24) is 0 Å². The second-order valence-corrected chi connectivity index (χ2v) is 4.12. The van der Waals surface area contributed by atoms with E-state index in [-0.39, 0.29) is 12.2 Å². The molecule has 90 valence electrons. The van der Waals surface area contributed by atoms with Crippen molar-refractivity contribution in [1.29, 1.82) is 0 Å². The lowest BCUT2D eigenvalue weighted by atomic mass is 10.0. The number of hydrogen-bond acceptors (Lipinski definition) is 2. The highest BCUT2D eigenvalue weighted by atomic mass is 16.5. The average Bonchev–Trinajstić information content (AvgIpc) is 2.40. The van der Waals surface area contributed by atoms with Gasteiger partial charge in [-0.25, -0.2) is 0 Å². The van der Waals surface area contributed by atoms with Crippen molar-refractivity contribution in [2.24, 2.45) is 0 Å². The third-order valence-electron chi connectivity index (χ3n) is 2.93. The fourth-order valence-corrected chi connectivity index (χ4v) is 2.00. The topological polar surface area (TPSA) is 18.5 Å². The Balaban J connectivity index is 2.06. The van der Waals surface area contributed by atoms with Gasteiger partial charge in [0.2, 0.25) is 0 Å². The van der Waals surface area contributed by atoms with Crippen molar-refractivity contribution >= 4 is 0 Å². The third kappa shape index (κ3) is 2.98. The lowest BCUT2D eigenvalue weighted by Gasteiger charge is -2.25. The van der Waals surface area contributed by atoms with Crippen molar-refractivity contribution in [3.8, 4) is 5.75 Å². The van der Waals surface area contributed by atoms with Crippen LogP contribution < -0.4 is 4.74 Å². The molecule has 1 aromatic carbocycles. The molecule has 1 aliphatic heterocycles. The molecule has 17 heavy (non-hydrogen) atoms. The average molecular weight is 230 g/mol.